The molecule has 1 fully saturated rings. The van der Waals surface area contributed by atoms with Crippen molar-refractivity contribution < 1.29 is 24.2 Å². The van der Waals surface area contributed by atoms with Gasteiger partial charge in [-0.1, -0.05) is 6.92 Å². The van der Waals surface area contributed by atoms with Gasteiger partial charge < -0.3 is 30.0 Å². The normalized spacial score (nSPS) is 15.0. The summed E-state index contributed by atoms with van der Waals surface area (Å²) in [5, 5.41) is 13.3. The van der Waals surface area contributed by atoms with Crippen LogP contribution in [-0.2, 0) is 11.2 Å². The Hall–Kier alpha value is -3.07. The van der Waals surface area contributed by atoms with Crippen LogP contribution >= 0.6 is 0 Å². The van der Waals surface area contributed by atoms with Crippen LogP contribution in [-0.4, -0.2) is 70.1 Å². The number of aromatic amines is 2. The van der Waals surface area contributed by atoms with Crippen molar-refractivity contribution in [2.45, 2.75) is 25.4 Å². The number of aromatic nitrogens is 2. The number of aryl methyl sites for hydroxylation is 1. The Labute approximate surface area is 162 Å². The van der Waals surface area contributed by atoms with Crippen LogP contribution < -0.4 is 5.32 Å². The first-order valence-electron chi connectivity index (χ1n) is 9.10. The summed E-state index contributed by atoms with van der Waals surface area (Å²) in [6.45, 7) is 2.62. The van der Waals surface area contributed by atoms with Crippen molar-refractivity contribution >= 4 is 17.8 Å². The van der Waals surface area contributed by atoms with E-state index in [2.05, 4.69) is 20.0 Å². The minimum atomic E-state index is -1.04. The third-order valence-corrected chi connectivity index (χ3v) is 4.83. The van der Waals surface area contributed by atoms with Gasteiger partial charge in [0.25, 0.3) is 11.8 Å². The lowest BCUT2D eigenvalue weighted by molar-refractivity contribution is -0.0849. The molecule has 3 rings (SSSR count). The Bertz CT molecular complexity index is 879. The van der Waals surface area contributed by atoms with E-state index in [0.29, 0.717) is 18.7 Å². The number of carbonyl (C=O) groups is 3. The highest BCUT2D eigenvalue weighted by molar-refractivity contribution is 5.96. The number of methoxy groups -OCH3 is 1. The average molecular weight is 388 g/mol. The van der Waals surface area contributed by atoms with Crippen molar-refractivity contribution in [2.24, 2.45) is 0 Å². The first-order chi connectivity index (χ1) is 13.3. The second kappa shape index (κ2) is 7.89. The number of carbonyl (C=O) groups excluding carboxylic acids is 3. The number of aliphatic hydroxyl groups is 1. The highest BCUT2D eigenvalue weighted by Crippen LogP contribution is 2.25. The molecule has 9 heteroatoms. The quantitative estimate of drug-likeness (QED) is 0.519. The van der Waals surface area contributed by atoms with Gasteiger partial charge in [0, 0.05) is 12.2 Å². The number of esters is 1. The van der Waals surface area contributed by atoms with Crippen molar-refractivity contribution in [2.75, 3.05) is 26.7 Å². The fourth-order valence-corrected chi connectivity index (χ4v) is 3.17. The standard InChI is InChI=1S/C19H24N4O5/c1-3-12-4-5-13(21-12)16(24)20-9-8-19(27)10-23(11-19)17(25)14-6-7-15(22-14)18(26)28-2/h4-7,21-22,27H,3,8-11H2,1-2H3,(H,20,24). The van der Waals surface area contributed by atoms with E-state index in [1.807, 2.05) is 13.0 Å². The molecule has 28 heavy (non-hydrogen) atoms. The predicted molar refractivity (Wildman–Crippen MR) is 100 cm³/mol. The molecule has 2 amide bonds. The Morgan fingerprint density at radius 3 is 2.46 bits per heavy atom. The van der Waals surface area contributed by atoms with Crippen molar-refractivity contribution in [3.05, 3.63) is 47.0 Å². The molecular formula is C19H24N4O5. The van der Waals surface area contributed by atoms with E-state index >= 15 is 0 Å². The van der Waals surface area contributed by atoms with Gasteiger partial charge in [-0.15, -0.1) is 0 Å². The van der Waals surface area contributed by atoms with Gasteiger partial charge in [-0.3, -0.25) is 9.59 Å². The van der Waals surface area contributed by atoms with Gasteiger partial charge in [0.05, 0.1) is 20.2 Å². The van der Waals surface area contributed by atoms with Crippen LogP contribution in [0.4, 0.5) is 0 Å². The van der Waals surface area contributed by atoms with Gasteiger partial charge in [0.2, 0.25) is 0 Å². The summed E-state index contributed by atoms with van der Waals surface area (Å²) in [5.41, 5.74) is 0.888. The number of rotatable bonds is 7. The van der Waals surface area contributed by atoms with E-state index in [9.17, 15) is 19.5 Å². The average Bonchev–Trinajstić information content (AvgIpc) is 3.34. The van der Waals surface area contributed by atoms with Crippen LogP contribution in [0.25, 0.3) is 0 Å². The van der Waals surface area contributed by atoms with Gasteiger partial charge >= 0.3 is 5.97 Å². The molecule has 0 radical (unpaired) electrons. The summed E-state index contributed by atoms with van der Waals surface area (Å²) in [5.74, 6) is -1.08. The molecule has 2 aromatic rings. The maximum atomic E-state index is 12.4. The zero-order valence-electron chi connectivity index (χ0n) is 15.9. The predicted octanol–water partition coefficient (Wildman–Crippen LogP) is 0.699. The minimum Gasteiger partial charge on any atom is -0.464 e. The smallest absolute Gasteiger partial charge is 0.354 e. The third-order valence-electron chi connectivity index (χ3n) is 4.83. The Morgan fingerprint density at radius 2 is 1.82 bits per heavy atom. The fraction of sp³-hybridized carbons (Fsp3) is 0.421. The molecule has 150 valence electrons. The number of hydrogen-bond acceptors (Lipinski definition) is 5. The largest absolute Gasteiger partial charge is 0.464 e. The number of amides is 2. The molecule has 0 spiro atoms. The molecule has 0 aliphatic carbocycles. The molecular weight excluding hydrogens is 364 g/mol. The van der Waals surface area contributed by atoms with E-state index in [0.717, 1.165) is 12.1 Å². The van der Waals surface area contributed by atoms with Gasteiger partial charge in [-0.05, 0) is 37.1 Å². The summed E-state index contributed by atoms with van der Waals surface area (Å²) in [6.07, 6.45) is 1.15. The number of ether oxygens (including phenoxy) is 1. The van der Waals surface area contributed by atoms with Crippen molar-refractivity contribution in [3.8, 4) is 0 Å². The monoisotopic (exact) mass is 388 g/mol. The minimum absolute atomic E-state index is 0.163. The van der Waals surface area contributed by atoms with E-state index in [-0.39, 0.29) is 36.3 Å². The Balaban J connectivity index is 1.45. The van der Waals surface area contributed by atoms with Crippen LogP contribution in [0.2, 0.25) is 0 Å². The molecule has 0 atom stereocenters. The van der Waals surface area contributed by atoms with E-state index in [1.165, 1.54) is 24.1 Å². The second-order valence-electron chi connectivity index (χ2n) is 6.92. The SMILES string of the molecule is CCc1ccc(C(=O)NCCC2(O)CN(C(=O)c3ccc(C(=O)OC)[nH]3)C2)[nH]1. The number of H-pyrrole nitrogens is 2. The van der Waals surface area contributed by atoms with Crippen LogP contribution in [0.5, 0.6) is 0 Å². The topological polar surface area (TPSA) is 128 Å². The highest BCUT2D eigenvalue weighted by atomic mass is 16.5. The lowest BCUT2D eigenvalue weighted by Gasteiger charge is -2.46. The van der Waals surface area contributed by atoms with Crippen molar-refractivity contribution in [3.63, 3.8) is 0 Å². The Morgan fingerprint density at radius 1 is 1.14 bits per heavy atom. The van der Waals surface area contributed by atoms with E-state index in [1.54, 1.807) is 6.07 Å². The molecule has 2 aromatic heterocycles. The van der Waals surface area contributed by atoms with Crippen LogP contribution in [0.1, 0.15) is 50.5 Å². The molecule has 0 saturated carbocycles. The summed E-state index contributed by atoms with van der Waals surface area (Å²) in [7, 11) is 1.26. The summed E-state index contributed by atoms with van der Waals surface area (Å²) in [4.78, 5) is 43.1. The second-order valence-corrected chi connectivity index (χ2v) is 6.92. The van der Waals surface area contributed by atoms with Gasteiger partial charge in [-0.2, -0.15) is 0 Å². The first-order valence-corrected chi connectivity index (χ1v) is 9.10. The van der Waals surface area contributed by atoms with E-state index < -0.39 is 11.6 Å². The van der Waals surface area contributed by atoms with E-state index in [4.69, 9.17) is 0 Å². The van der Waals surface area contributed by atoms with Crippen molar-refractivity contribution in [1.82, 2.24) is 20.2 Å². The first kappa shape index (κ1) is 19.7. The molecule has 0 unspecified atom stereocenters. The Kier molecular flexibility index (Phi) is 5.55. The maximum Gasteiger partial charge on any atom is 0.354 e. The molecule has 0 aromatic carbocycles. The zero-order chi connectivity index (χ0) is 20.3. The van der Waals surface area contributed by atoms with Crippen LogP contribution in [0.15, 0.2) is 24.3 Å². The molecule has 1 saturated heterocycles. The molecule has 1 aliphatic rings. The molecule has 3 heterocycles. The number of nitrogens with zero attached hydrogens (tertiary/aromatic N) is 1. The van der Waals surface area contributed by atoms with Crippen LogP contribution in [0, 0.1) is 0 Å². The summed E-state index contributed by atoms with van der Waals surface area (Å²) in [6, 6.07) is 6.58. The molecule has 1 aliphatic heterocycles. The number of likely N-dealkylation sites (tertiary alicyclic amines) is 1. The van der Waals surface area contributed by atoms with Gasteiger partial charge in [0.1, 0.15) is 22.7 Å². The zero-order valence-corrected chi connectivity index (χ0v) is 15.9. The van der Waals surface area contributed by atoms with Gasteiger partial charge in [-0.25, -0.2) is 4.79 Å². The lowest BCUT2D eigenvalue weighted by Crippen LogP contribution is -2.64. The number of hydrogen-bond donors (Lipinski definition) is 4. The maximum absolute atomic E-state index is 12.4. The number of β-amino-alcohol motifs (C(OH)–C–C–N with tert-alkyl or cyclic N) is 1. The third kappa shape index (κ3) is 4.09. The highest BCUT2D eigenvalue weighted by Gasteiger charge is 2.43. The lowest BCUT2D eigenvalue weighted by atomic mass is 9.90. The van der Waals surface area contributed by atoms with Crippen LogP contribution in [0.3, 0.4) is 0 Å². The summed E-state index contributed by atoms with van der Waals surface area (Å²) < 4.78 is 4.59. The summed E-state index contributed by atoms with van der Waals surface area (Å²) >= 11 is 0. The fourth-order valence-electron chi connectivity index (χ4n) is 3.17. The molecule has 0 bridgehead atoms. The number of nitrogens with one attached hydrogen (secondary N) is 3. The van der Waals surface area contributed by atoms with Gasteiger partial charge in [0.15, 0.2) is 0 Å². The molecule has 9 nitrogen and oxygen atoms in total. The molecule has 4 N–H and O–H groups in total. The van der Waals surface area contributed by atoms with Crippen molar-refractivity contribution in [1.29, 1.82) is 0 Å².